The van der Waals surface area contributed by atoms with Crippen LogP contribution in [0.1, 0.15) is 67.9 Å². The fourth-order valence-corrected chi connectivity index (χ4v) is 5.38. The Hall–Kier alpha value is -3.32. The standard InChI is InChI=1S/C25H24N2O5/c28-12-21(25(32)26-20-10-13-5-6-14(20)9-13)27-24(31)15-7-8-18-19(11-15)23(30)17-4-2-1-3-16(17)22(18)29/h1-4,7-8,11,13-14,20-21,28H,5-6,9-10,12H2,(H,26,32)(H,27,31)/t13?,14?,20?,21-/m0/s1. The van der Waals surface area contributed by atoms with Gasteiger partial charge in [0.15, 0.2) is 11.6 Å². The van der Waals surface area contributed by atoms with Crippen molar-refractivity contribution in [3.63, 3.8) is 0 Å². The van der Waals surface area contributed by atoms with Gasteiger partial charge in [-0.15, -0.1) is 0 Å². The lowest BCUT2D eigenvalue weighted by Crippen LogP contribution is -2.52. The molecule has 3 unspecified atom stereocenters. The van der Waals surface area contributed by atoms with Crippen molar-refractivity contribution in [2.75, 3.05) is 6.61 Å². The smallest absolute Gasteiger partial charge is 0.252 e. The van der Waals surface area contributed by atoms with Gasteiger partial charge >= 0.3 is 0 Å². The molecule has 4 atom stereocenters. The van der Waals surface area contributed by atoms with Crippen molar-refractivity contribution in [3.8, 4) is 0 Å². The van der Waals surface area contributed by atoms with Crippen LogP contribution >= 0.6 is 0 Å². The fraction of sp³-hybridized carbons (Fsp3) is 0.360. The molecule has 3 aliphatic rings. The highest BCUT2D eigenvalue weighted by atomic mass is 16.3. The molecule has 0 saturated heterocycles. The summed E-state index contributed by atoms with van der Waals surface area (Å²) >= 11 is 0. The maximum Gasteiger partial charge on any atom is 0.252 e. The van der Waals surface area contributed by atoms with Gasteiger partial charge in [0, 0.05) is 33.9 Å². The number of hydrogen-bond acceptors (Lipinski definition) is 5. The van der Waals surface area contributed by atoms with Crippen LogP contribution in [0.5, 0.6) is 0 Å². The Balaban J connectivity index is 1.31. The minimum atomic E-state index is -1.09. The molecule has 7 nitrogen and oxygen atoms in total. The average Bonchev–Trinajstić information content (AvgIpc) is 3.43. The van der Waals surface area contributed by atoms with E-state index in [1.54, 1.807) is 24.3 Å². The highest BCUT2D eigenvalue weighted by Gasteiger charge is 2.41. The molecule has 0 aliphatic heterocycles. The summed E-state index contributed by atoms with van der Waals surface area (Å²) in [4.78, 5) is 51.1. The molecule has 0 spiro atoms. The van der Waals surface area contributed by atoms with E-state index in [9.17, 15) is 24.3 Å². The van der Waals surface area contributed by atoms with Crippen LogP contribution in [0, 0.1) is 11.8 Å². The fourth-order valence-electron chi connectivity index (χ4n) is 5.38. The molecule has 2 saturated carbocycles. The summed E-state index contributed by atoms with van der Waals surface area (Å²) in [6.07, 6.45) is 4.40. The number of nitrogens with one attached hydrogen (secondary N) is 2. The average molecular weight is 432 g/mol. The van der Waals surface area contributed by atoms with Crippen LogP contribution in [0.2, 0.25) is 0 Å². The lowest BCUT2D eigenvalue weighted by Gasteiger charge is -2.25. The molecule has 0 aromatic heterocycles. The van der Waals surface area contributed by atoms with E-state index in [-0.39, 0.29) is 34.3 Å². The first-order valence-corrected chi connectivity index (χ1v) is 11.0. The van der Waals surface area contributed by atoms with Crippen molar-refractivity contribution < 1.29 is 24.3 Å². The summed E-state index contributed by atoms with van der Waals surface area (Å²) < 4.78 is 0. The van der Waals surface area contributed by atoms with Crippen molar-refractivity contribution in [1.82, 2.24) is 10.6 Å². The molecular formula is C25H24N2O5. The van der Waals surface area contributed by atoms with Gasteiger partial charge < -0.3 is 15.7 Å². The number of benzene rings is 2. The number of rotatable bonds is 5. The number of carbonyl (C=O) groups is 4. The van der Waals surface area contributed by atoms with Crippen molar-refractivity contribution in [2.45, 2.75) is 37.8 Å². The second kappa shape index (κ2) is 7.98. The Morgan fingerprint density at radius 3 is 2.25 bits per heavy atom. The van der Waals surface area contributed by atoms with Gasteiger partial charge in [-0.3, -0.25) is 19.2 Å². The molecule has 3 N–H and O–H groups in total. The van der Waals surface area contributed by atoms with Crippen LogP contribution in [0.3, 0.4) is 0 Å². The van der Waals surface area contributed by atoms with E-state index < -0.39 is 24.5 Å². The van der Waals surface area contributed by atoms with E-state index >= 15 is 0 Å². The maximum absolute atomic E-state index is 12.9. The summed E-state index contributed by atoms with van der Waals surface area (Å²) in [5.74, 6) is -0.441. The molecular weight excluding hydrogens is 408 g/mol. The van der Waals surface area contributed by atoms with Crippen molar-refractivity contribution in [3.05, 3.63) is 70.3 Å². The third-order valence-corrected chi connectivity index (χ3v) is 7.06. The molecule has 2 bridgehead atoms. The van der Waals surface area contributed by atoms with Gasteiger partial charge in [0.2, 0.25) is 5.91 Å². The number of ketones is 2. The van der Waals surface area contributed by atoms with E-state index in [4.69, 9.17) is 0 Å². The number of amides is 2. The SMILES string of the molecule is O=C(N[C@@H](CO)C(=O)NC1CC2CCC1C2)c1ccc2c(c1)C(=O)c1ccccc1C2=O. The summed E-state index contributed by atoms with van der Waals surface area (Å²) in [5, 5.41) is 15.2. The van der Waals surface area contributed by atoms with Gasteiger partial charge in [0.05, 0.1) is 6.61 Å². The first-order chi connectivity index (χ1) is 15.5. The Morgan fingerprint density at radius 1 is 0.938 bits per heavy atom. The molecule has 32 heavy (non-hydrogen) atoms. The van der Waals surface area contributed by atoms with E-state index in [0.717, 1.165) is 19.3 Å². The summed E-state index contributed by atoms with van der Waals surface area (Å²) in [6.45, 7) is -0.534. The monoisotopic (exact) mass is 432 g/mol. The largest absolute Gasteiger partial charge is 0.394 e. The molecule has 2 aromatic rings. The first-order valence-electron chi connectivity index (χ1n) is 11.0. The summed E-state index contributed by atoms with van der Waals surface area (Å²) in [7, 11) is 0. The lowest BCUT2D eigenvalue weighted by molar-refractivity contribution is -0.124. The van der Waals surface area contributed by atoms with Crippen LogP contribution in [0.4, 0.5) is 0 Å². The molecule has 2 aromatic carbocycles. The van der Waals surface area contributed by atoms with Crippen molar-refractivity contribution >= 4 is 23.4 Å². The number of carbonyl (C=O) groups excluding carboxylic acids is 4. The van der Waals surface area contributed by atoms with E-state index in [2.05, 4.69) is 10.6 Å². The van der Waals surface area contributed by atoms with Gasteiger partial charge in [-0.25, -0.2) is 0 Å². The van der Waals surface area contributed by atoms with Crippen LogP contribution < -0.4 is 10.6 Å². The van der Waals surface area contributed by atoms with Crippen molar-refractivity contribution in [2.24, 2.45) is 11.8 Å². The Labute approximate surface area is 185 Å². The van der Waals surface area contributed by atoms with Crippen LogP contribution in [0.15, 0.2) is 42.5 Å². The van der Waals surface area contributed by atoms with E-state index in [1.807, 2.05) is 0 Å². The second-order valence-corrected chi connectivity index (χ2v) is 8.96. The lowest BCUT2D eigenvalue weighted by atomic mass is 9.83. The highest BCUT2D eigenvalue weighted by molar-refractivity contribution is 6.28. The molecule has 3 aliphatic carbocycles. The summed E-state index contributed by atoms with van der Waals surface area (Å²) in [6, 6.07) is 9.89. The molecule has 2 fully saturated rings. The maximum atomic E-state index is 12.9. The molecule has 5 rings (SSSR count). The van der Waals surface area contributed by atoms with Gasteiger partial charge in [0.25, 0.3) is 5.91 Å². The molecule has 2 amide bonds. The third kappa shape index (κ3) is 3.42. The first kappa shape index (κ1) is 20.6. The van der Waals surface area contributed by atoms with E-state index in [1.165, 1.54) is 24.6 Å². The minimum Gasteiger partial charge on any atom is -0.394 e. The Kier molecular flexibility index (Phi) is 5.13. The molecule has 164 valence electrons. The number of hydrogen-bond donors (Lipinski definition) is 3. The quantitative estimate of drug-likeness (QED) is 0.570. The normalized spacial score (nSPS) is 24.0. The number of aliphatic hydroxyl groups is 1. The third-order valence-electron chi connectivity index (χ3n) is 7.06. The number of fused-ring (bicyclic) bond motifs is 4. The van der Waals surface area contributed by atoms with Gasteiger partial charge in [-0.1, -0.05) is 30.7 Å². The molecule has 7 heteroatoms. The van der Waals surface area contributed by atoms with Crippen molar-refractivity contribution in [1.29, 1.82) is 0 Å². The minimum absolute atomic E-state index is 0.0969. The Morgan fingerprint density at radius 2 is 1.62 bits per heavy atom. The highest BCUT2D eigenvalue weighted by Crippen LogP contribution is 2.44. The zero-order valence-electron chi connectivity index (χ0n) is 17.5. The summed E-state index contributed by atoms with van der Waals surface area (Å²) in [5.41, 5.74) is 1.21. The Bertz CT molecular complexity index is 1140. The van der Waals surface area contributed by atoms with Gasteiger partial charge in [-0.2, -0.15) is 0 Å². The van der Waals surface area contributed by atoms with Crippen LogP contribution in [-0.2, 0) is 4.79 Å². The van der Waals surface area contributed by atoms with Crippen LogP contribution in [-0.4, -0.2) is 47.2 Å². The predicted octanol–water partition coefficient (Wildman–Crippen LogP) is 1.86. The topological polar surface area (TPSA) is 113 Å². The second-order valence-electron chi connectivity index (χ2n) is 8.96. The molecule has 0 heterocycles. The predicted molar refractivity (Wildman–Crippen MR) is 115 cm³/mol. The van der Waals surface area contributed by atoms with Gasteiger partial charge in [-0.05, 0) is 49.3 Å². The van der Waals surface area contributed by atoms with Crippen LogP contribution in [0.25, 0.3) is 0 Å². The zero-order chi connectivity index (χ0) is 22.4. The van der Waals surface area contributed by atoms with E-state index in [0.29, 0.717) is 23.0 Å². The molecule has 0 radical (unpaired) electrons. The zero-order valence-corrected chi connectivity index (χ0v) is 17.5. The number of aliphatic hydroxyl groups excluding tert-OH is 1. The van der Waals surface area contributed by atoms with Gasteiger partial charge in [0.1, 0.15) is 6.04 Å².